The first-order valence-corrected chi connectivity index (χ1v) is 12.0. The predicted molar refractivity (Wildman–Crippen MR) is 131 cm³/mol. The fourth-order valence-electron chi connectivity index (χ4n) is 3.83. The van der Waals surface area contributed by atoms with Crippen LogP contribution in [0.3, 0.4) is 0 Å². The molecule has 2 unspecified atom stereocenters. The van der Waals surface area contributed by atoms with Crippen molar-refractivity contribution < 1.29 is 22.4 Å². The molecule has 0 bridgehead atoms. The first kappa shape index (κ1) is 24.3. The Bertz CT molecular complexity index is 1360. The molecule has 1 aliphatic heterocycles. The number of anilines is 1. The zero-order chi connectivity index (χ0) is 25.2. The van der Waals surface area contributed by atoms with Crippen molar-refractivity contribution in [3.8, 4) is 34.0 Å². The summed E-state index contributed by atoms with van der Waals surface area (Å²) >= 11 is 1.78. The normalized spacial score (nSPS) is 16.5. The van der Waals surface area contributed by atoms with Gasteiger partial charge in [0.15, 0.2) is 17.3 Å². The van der Waals surface area contributed by atoms with Crippen molar-refractivity contribution in [1.29, 1.82) is 0 Å². The smallest absolute Gasteiger partial charge is 0.257 e. The Kier molecular flexibility index (Phi) is 6.95. The molecule has 5 rings (SSSR count). The number of hydrogen-bond acceptors (Lipinski definition) is 8. The SMILES string of the molecule is Nc1ncc(-c2ccc(SC3CCOC3)cc2)nc1-c1cc(-c2ccc(C(N)C(F)F)cc2F)no1. The molecule has 7 nitrogen and oxygen atoms in total. The van der Waals surface area contributed by atoms with Crippen LogP contribution in [0.2, 0.25) is 0 Å². The highest BCUT2D eigenvalue weighted by Gasteiger charge is 2.21. The summed E-state index contributed by atoms with van der Waals surface area (Å²) in [5.74, 6) is -0.440. The van der Waals surface area contributed by atoms with E-state index in [2.05, 4.69) is 15.1 Å². The molecule has 0 aliphatic carbocycles. The number of thioether (sulfide) groups is 1. The fourth-order valence-corrected chi connectivity index (χ4v) is 4.88. The van der Waals surface area contributed by atoms with Gasteiger partial charge in [-0.3, -0.25) is 0 Å². The quantitative estimate of drug-likeness (QED) is 0.341. The molecule has 36 heavy (non-hydrogen) atoms. The second-order valence-corrected chi connectivity index (χ2v) is 9.67. The number of ether oxygens (including phenoxy) is 1. The summed E-state index contributed by atoms with van der Waals surface area (Å²) in [5.41, 5.74) is 13.3. The predicted octanol–water partition coefficient (Wildman–Crippen LogP) is 5.33. The van der Waals surface area contributed by atoms with Crippen molar-refractivity contribution in [2.45, 2.75) is 29.0 Å². The maximum atomic E-state index is 14.7. The average Bonchev–Trinajstić information content (AvgIpc) is 3.57. The van der Waals surface area contributed by atoms with E-state index in [-0.39, 0.29) is 34.1 Å². The van der Waals surface area contributed by atoms with Crippen LogP contribution in [-0.4, -0.2) is 40.0 Å². The van der Waals surface area contributed by atoms with Crippen LogP contribution in [-0.2, 0) is 4.74 Å². The molecule has 0 saturated carbocycles. The van der Waals surface area contributed by atoms with Crippen LogP contribution in [0.4, 0.5) is 19.0 Å². The standard InChI is InChI=1S/C25H22F3N5O2S/c26-18-9-14(22(29)24(27)28)3-6-17(18)19-10-21(35-33-19)23-25(30)31-11-20(32-23)13-1-4-15(5-2-13)36-16-7-8-34-12-16/h1-6,9-11,16,22,24H,7-8,12,29H2,(H2,30,31). The molecule has 2 aromatic heterocycles. The second kappa shape index (κ2) is 10.3. The van der Waals surface area contributed by atoms with Gasteiger partial charge in [-0.25, -0.2) is 23.1 Å². The molecule has 186 valence electrons. The number of alkyl halides is 2. The molecular formula is C25H22F3N5O2S. The molecule has 1 fully saturated rings. The third kappa shape index (κ3) is 5.08. The largest absolute Gasteiger partial charge is 0.382 e. The minimum atomic E-state index is -2.81. The van der Waals surface area contributed by atoms with Crippen molar-refractivity contribution >= 4 is 17.6 Å². The highest BCUT2D eigenvalue weighted by Crippen LogP contribution is 2.33. The molecule has 1 saturated heterocycles. The minimum absolute atomic E-state index is 0.0150. The number of nitrogens with zero attached hydrogens (tertiary/aromatic N) is 3. The fraction of sp³-hybridized carbons (Fsp3) is 0.240. The number of benzene rings is 2. The van der Waals surface area contributed by atoms with Crippen LogP contribution >= 0.6 is 11.8 Å². The van der Waals surface area contributed by atoms with Gasteiger partial charge in [-0.05, 0) is 36.2 Å². The van der Waals surface area contributed by atoms with Gasteiger partial charge in [-0.1, -0.05) is 23.4 Å². The molecule has 11 heteroatoms. The highest BCUT2D eigenvalue weighted by atomic mass is 32.2. The van der Waals surface area contributed by atoms with E-state index in [0.29, 0.717) is 10.9 Å². The van der Waals surface area contributed by atoms with Crippen LogP contribution in [0, 0.1) is 5.82 Å². The summed E-state index contributed by atoms with van der Waals surface area (Å²) in [5, 5.41) is 4.37. The summed E-state index contributed by atoms with van der Waals surface area (Å²) in [6.07, 6.45) is -0.205. The van der Waals surface area contributed by atoms with Crippen molar-refractivity contribution in [1.82, 2.24) is 15.1 Å². The topological polar surface area (TPSA) is 113 Å². The van der Waals surface area contributed by atoms with Crippen LogP contribution in [0.15, 0.2) is 64.1 Å². The molecule has 3 heterocycles. The lowest BCUT2D eigenvalue weighted by atomic mass is 10.0. The van der Waals surface area contributed by atoms with Crippen molar-refractivity contribution in [3.63, 3.8) is 0 Å². The lowest BCUT2D eigenvalue weighted by molar-refractivity contribution is 0.116. The van der Waals surface area contributed by atoms with Crippen molar-refractivity contribution in [2.24, 2.45) is 5.73 Å². The first-order chi connectivity index (χ1) is 17.4. The highest BCUT2D eigenvalue weighted by molar-refractivity contribution is 8.00. The summed E-state index contributed by atoms with van der Waals surface area (Å²) in [4.78, 5) is 9.96. The van der Waals surface area contributed by atoms with Crippen molar-refractivity contribution in [2.75, 3.05) is 18.9 Å². The number of nitrogen functional groups attached to an aromatic ring is 1. The van der Waals surface area contributed by atoms with Gasteiger partial charge in [0.1, 0.15) is 11.5 Å². The van der Waals surface area contributed by atoms with E-state index in [9.17, 15) is 13.2 Å². The number of aromatic nitrogens is 3. The lowest BCUT2D eigenvalue weighted by Gasteiger charge is -2.11. The number of nitrogens with two attached hydrogens (primary N) is 2. The summed E-state index contributed by atoms with van der Waals surface area (Å²) in [6, 6.07) is 11.5. The van der Waals surface area contributed by atoms with Crippen LogP contribution in [0.5, 0.6) is 0 Å². The Balaban J connectivity index is 1.38. The Morgan fingerprint density at radius 3 is 2.56 bits per heavy atom. The van der Waals surface area contributed by atoms with E-state index in [1.807, 2.05) is 24.3 Å². The Morgan fingerprint density at radius 1 is 1.06 bits per heavy atom. The summed E-state index contributed by atoms with van der Waals surface area (Å²) < 4.78 is 51.2. The van der Waals surface area contributed by atoms with Crippen LogP contribution < -0.4 is 11.5 Å². The van der Waals surface area contributed by atoms with E-state index >= 15 is 0 Å². The van der Waals surface area contributed by atoms with Crippen molar-refractivity contribution in [3.05, 3.63) is 66.1 Å². The third-order valence-electron chi connectivity index (χ3n) is 5.81. The Morgan fingerprint density at radius 2 is 1.86 bits per heavy atom. The zero-order valence-electron chi connectivity index (χ0n) is 18.9. The number of halogens is 3. The van der Waals surface area contributed by atoms with Crippen LogP contribution in [0.1, 0.15) is 18.0 Å². The molecule has 1 aliphatic rings. The molecule has 4 N–H and O–H groups in total. The van der Waals surface area contributed by atoms with Gasteiger partial charge >= 0.3 is 0 Å². The van der Waals surface area contributed by atoms with Gasteiger partial charge in [0.05, 0.1) is 24.5 Å². The maximum Gasteiger partial charge on any atom is 0.257 e. The average molecular weight is 514 g/mol. The van der Waals surface area contributed by atoms with Gasteiger partial charge in [-0.2, -0.15) is 0 Å². The Labute approximate surface area is 209 Å². The summed E-state index contributed by atoms with van der Waals surface area (Å²) in [7, 11) is 0. The van der Waals surface area contributed by atoms with E-state index in [0.717, 1.165) is 36.2 Å². The number of rotatable bonds is 7. The van der Waals surface area contributed by atoms with E-state index in [1.165, 1.54) is 18.2 Å². The maximum absolute atomic E-state index is 14.7. The molecule has 4 aromatic rings. The minimum Gasteiger partial charge on any atom is -0.382 e. The lowest BCUT2D eigenvalue weighted by Crippen LogP contribution is -2.19. The van der Waals surface area contributed by atoms with Gasteiger partial charge in [0, 0.05) is 33.9 Å². The van der Waals surface area contributed by atoms with Crippen LogP contribution in [0.25, 0.3) is 34.0 Å². The first-order valence-electron chi connectivity index (χ1n) is 11.2. The molecule has 2 aromatic carbocycles. The van der Waals surface area contributed by atoms with Gasteiger partial charge in [0.25, 0.3) is 6.43 Å². The van der Waals surface area contributed by atoms with Gasteiger partial charge < -0.3 is 20.7 Å². The zero-order valence-corrected chi connectivity index (χ0v) is 19.7. The van der Waals surface area contributed by atoms with E-state index < -0.39 is 18.3 Å². The third-order valence-corrected chi connectivity index (χ3v) is 7.06. The Hall–Kier alpha value is -3.41. The van der Waals surface area contributed by atoms with E-state index in [4.69, 9.17) is 20.7 Å². The molecule has 0 spiro atoms. The van der Waals surface area contributed by atoms with Gasteiger partial charge in [0.2, 0.25) is 0 Å². The van der Waals surface area contributed by atoms with Gasteiger partial charge in [-0.15, -0.1) is 11.8 Å². The summed E-state index contributed by atoms with van der Waals surface area (Å²) in [6.45, 7) is 1.56. The molecule has 2 atom stereocenters. The molecule has 0 amide bonds. The monoisotopic (exact) mass is 513 g/mol. The van der Waals surface area contributed by atoms with E-state index in [1.54, 1.807) is 18.0 Å². The number of hydrogen-bond donors (Lipinski definition) is 2. The molecule has 0 radical (unpaired) electrons. The second-order valence-electron chi connectivity index (χ2n) is 8.29. The molecular weight excluding hydrogens is 491 g/mol.